The number of carbonyl (C=O) groups is 2. The molecule has 2 amide bonds. The van der Waals surface area contributed by atoms with Gasteiger partial charge in [0, 0.05) is 49.7 Å². The van der Waals surface area contributed by atoms with Gasteiger partial charge in [0.1, 0.15) is 6.10 Å². The number of amides is 2. The highest BCUT2D eigenvalue weighted by Crippen LogP contribution is 2.34. The number of aliphatic hydroxyl groups is 1. The van der Waals surface area contributed by atoms with Crippen LogP contribution in [0, 0.1) is 11.8 Å². The Labute approximate surface area is 241 Å². The van der Waals surface area contributed by atoms with Crippen LogP contribution in [0.5, 0.6) is 0 Å². The van der Waals surface area contributed by atoms with E-state index in [9.17, 15) is 14.7 Å². The van der Waals surface area contributed by atoms with Crippen molar-refractivity contribution in [3.8, 4) is 10.6 Å². The Morgan fingerprint density at radius 1 is 1.02 bits per heavy atom. The molecule has 1 saturated carbocycles. The van der Waals surface area contributed by atoms with Crippen molar-refractivity contribution in [3.63, 3.8) is 0 Å². The number of nitrogens with one attached hydrogen (secondary N) is 1. The molecular formula is C32H42N4O3S. The van der Waals surface area contributed by atoms with Crippen LogP contribution < -0.4 is 5.32 Å². The molecule has 2 fully saturated rings. The summed E-state index contributed by atoms with van der Waals surface area (Å²) in [4.78, 5) is 37.1. The largest absolute Gasteiger partial charge is 0.383 e. The number of aliphatic hydroxyl groups excluding tert-OH is 1. The van der Waals surface area contributed by atoms with Crippen LogP contribution in [-0.4, -0.2) is 70.0 Å². The molecule has 214 valence electrons. The molecule has 40 heavy (non-hydrogen) atoms. The molecule has 0 bridgehead atoms. The van der Waals surface area contributed by atoms with Crippen LogP contribution in [0.3, 0.4) is 0 Å². The van der Waals surface area contributed by atoms with Crippen LogP contribution in [0.25, 0.3) is 21.5 Å². The molecule has 2 aliphatic rings. The molecule has 2 aromatic heterocycles. The van der Waals surface area contributed by atoms with E-state index < -0.39 is 6.10 Å². The third-order valence-electron chi connectivity index (χ3n) is 8.64. The van der Waals surface area contributed by atoms with Crippen LogP contribution in [0.15, 0.2) is 41.8 Å². The maximum absolute atomic E-state index is 14.1. The molecule has 8 heteroatoms. The molecule has 2 N–H and O–H groups in total. The van der Waals surface area contributed by atoms with E-state index in [1.165, 1.54) is 32.1 Å². The Kier molecular flexibility index (Phi) is 9.18. The number of fused-ring (bicyclic) bond motifs is 1. The van der Waals surface area contributed by atoms with Crippen LogP contribution >= 0.6 is 11.3 Å². The molecule has 0 radical (unpaired) electrons. The van der Waals surface area contributed by atoms with Gasteiger partial charge >= 0.3 is 0 Å². The summed E-state index contributed by atoms with van der Waals surface area (Å²) in [6, 6.07) is 12.2. The highest BCUT2D eigenvalue weighted by molar-refractivity contribution is 7.13. The molecule has 2 atom stereocenters. The molecule has 1 aliphatic carbocycles. The minimum atomic E-state index is -0.969. The third kappa shape index (κ3) is 6.24. The van der Waals surface area contributed by atoms with Crippen molar-refractivity contribution in [2.24, 2.45) is 11.8 Å². The lowest BCUT2D eigenvalue weighted by Crippen LogP contribution is -2.52. The lowest BCUT2D eigenvalue weighted by molar-refractivity contribution is -0.144. The second-order valence-electron chi connectivity index (χ2n) is 11.8. The Balaban J connectivity index is 1.46. The average molecular weight is 563 g/mol. The number of thiophene rings is 1. The average Bonchev–Trinajstić information content (AvgIpc) is 3.51. The van der Waals surface area contributed by atoms with E-state index in [2.05, 4.69) is 23.2 Å². The predicted octanol–water partition coefficient (Wildman–Crippen LogP) is 5.32. The van der Waals surface area contributed by atoms with Gasteiger partial charge in [0.05, 0.1) is 21.7 Å². The molecule has 3 heterocycles. The number of para-hydroxylation sites is 1. The van der Waals surface area contributed by atoms with Crippen molar-refractivity contribution in [1.82, 2.24) is 20.1 Å². The summed E-state index contributed by atoms with van der Waals surface area (Å²) in [7, 11) is 0. The maximum Gasteiger partial charge on any atom is 0.252 e. The van der Waals surface area contributed by atoms with Gasteiger partial charge in [0.2, 0.25) is 0 Å². The summed E-state index contributed by atoms with van der Waals surface area (Å²) >= 11 is 1.63. The minimum absolute atomic E-state index is 0.0293. The zero-order valence-electron chi connectivity index (χ0n) is 23.9. The quantitative estimate of drug-likeness (QED) is 0.388. The summed E-state index contributed by atoms with van der Waals surface area (Å²) in [5.74, 6) is 0.175. The smallest absolute Gasteiger partial charge is 0.252 e. The first kappa shape index (κ1) is 28.7. The lowest BCUT2D eigenvalue weighted by atomic mass is 9.84. The number of aromatic nitrogens is 1. The first-order valence-corrected chi connectivity index (χ1v) is 15.7. The lowest BCUT2D eigenvalue weighted by Gasteiger charge is -2.36. The number of carbonyl (C=O) groups excluding carboxylic acids is 2. The first-order valence-electron chi connectivity index (χ1n) is 14.8. The second kappa shape index (κ2) is 12.8. The third-order valence-corrected chi connectivity index (χ3v) is 9.52. The van der Waals surface area contributed by atoms with E-state index in [0.717, 1.165) is 27.0 Å². The van der Waals surface area contributed by atoms with Gasteiger partial charge in [-0.05, 0) is 49.1 Å². The van der Waals surface area contributed by atoms with E-state index in [4.69, 9.17) is 4.98 Å². The van der Waals surface area contributed by atoms with E-state index in [1.54, 1.807) is 16.2 Å². The van der Waals surface area contributed by atoms with Gasteiger partial charge in [-0.3, -0.25) is 14.5 Å². The molecule has 0 spiro atoms. The fourth-order valence-corrected chi connectivity index (χ4v) is 6.88. The normalized spacial score (nSPS) is 18.7. The van der Waals surface area contributed by atoms with Crippen LogP contribution in [0.4, 0.5) is 0 Å². The number of benzene rings is 1. The number of rotatable bonds is 8. The predicted molar refractivity (Wildman–Crippen MR) is 161 cm³/mol. The van der Waals surface area contributed by atoms with Gasteiger partial charge in [-0.1, -0.05) is 57.4 Å². The fraction of sp³-hybridized carbons (Fsp3) is 0.531. The van der Waals surface area contributed by atoms with Crippen molar-refractivity contribution < 1.29 is 14.7 Å². The van der Waals surface area contributed by atoms with Gasteiger partial charge in [0.25, 0.3) is 11.8 Å². The molecule has 5 rings (SSSR count). The monoisotopic (exact) mass is 562 g/mol. The van der Waals surface area contributed by atoms with Gasteiger partial charge in [-0.15, -0.1) is 11.3 Å². The van der Waals surface area contributed by atoms with Crippen molar-refractivity contribution in [1.29, 1.82) is 0 Å². The maximum atomic E-state index is 14.1. The molecule has 3 aromatic rings. The van der Waals surface area contributed by atoms with Gasteiger partial charge in [0.15, 0.2) is 0 Å². The van der Waals surface area contributed by atoms with Crippen molar-refractivity contribution in [2.75, 3.05) is 26.2 Å². The molecule has 1 saturated heterocycles. The van der Waals surface area contributed by atoms with E-state index >= 15 is 0 Å². The van der Waals surface area contributed by atoms with Crippen LogP contribution in [-0.2, 0) is 11.3 Å². The second-order valence-corrected chi connectivity index (χ2v) is 12.7. The van der Waals surface area contributed by atoms with Gasteiger partial charge in [-0.2, -0.15) is 0 Å². The zero-order valence-corrected chi connectivity index (χ0v) is 24.8. The summed E-state index contributed by atoms with van der Waals surface area (Å²) < 4.78 is 0. The fourth-order valence-electron chi connectivity index (χ4n) is 6.14. The van der Waals surface area contributed by atoms with Crippen molar-refractivity contribution in [3.05, 3.63) is 52.9 Å². The summed E-state index contributed by atoms with van der Waals surface area (Å²) in [5.41, 5.74) is 3.34. The minimum Gasteiger partial charge on any atom is -0.383 e. The van der Waals surface area contributed by atoms with Crippen LogP contribution in [0.1, 0.15) is 68.8 Å². The molecule has 2 unspecified atom stereocenters. The Morgan fingerprint density at radius 2 is 1.75 bits per heavy atom. The Morgan fingerprint density at radius 3 is 2.42 bits per heavy atom. The van der Waals surface area contributed by atoms with E-state index in [0.29, 0.717) is 44.2 Å². The van der Waals surface area contributed by atoms with Gasteiger partial charge in [-0.25, -0.2) is 4.98 Å². The molecule has 7 nitrogen and oxygen atoms in total. The van der Waals surface area contributed by atoms with E-state index in [1.807, 2.05) is 49.6 Å². The molecule has 1 aromatic carbocycles. The summed E-state index contributed by atoms with van der Waals surface area (Å²) in [5, 5.41) is 16.6. The number of hydrogen-bond acceptors (Lipinski definition) is 6. The number of piperazine rings is 1. The highest BCUT2D eigenvalue weighted by Gasteiger charge is 2.30. The van der Waals surface area contributed by atoms with Crippen LogP contribution in [0.2, 0.25) is 0 Å². The SMILES string of the molecule is CC(C)C(O)C(=O)N1CCN(Cc2c(-c3cccs3)nc3ccccc3c2C(=O)NC(C)C2CCCCC2)CC1. The summed E-state index contributed by atoms with van der Waals surface area (Å²) in [6.07, 6.45) is 5.12. The van der Waals surface area contributed by atoms with E-state index in [-0.39, 0.29) is 23.8 Å². The Bertz CT molecular complexity index is 1310. The molecular weight excluding hydrogens is 520 g/mol. The topological polar surface area (TPSA) is 85.8 Å². The van der Waals surface area contributed by atoms with Gasteiger partial charge < -0.3 is 15.3 Å². The number of nitrogens with zero attached hydrogens (tertiary/aromatic N) is 3. The Hall–Kier alpha value is -2.81. The number of pyridine rings is 1. The van der Waals surface area contributed by atoms with Crippen molar-refractivity contribution in [2.45, 2.75) is 71.6 Å². The standard InChI is InChI=1S/C32H42N4O3S/c1-21(2)30(37)32(39)36-17-15-35(16-18-36)20-25-28(31(38)33-22(3)23-10-5-4-6-11-23)24-12-7-8-13-26(24)34-29(25)27-14-9-19-40-27/h7-9,12-14,19,21-23,30,37H,4-6,10-11,15-18,20H2,1-3H3,(H,33,38). The zero-order chi connectivity index (χ0) is 28.2. The number of hydrogen-bond donors (Lipinski definition) is 2. The highest BCUT2D eigenvalue weighted by atomic mass is 32.1. The molecule has 1 aliphatic heterocycles. The summed E-state index contributed by atoms with van der Waals surface area (Å²) in [6.45, 7) is 8.90. The first-order chi connectivity index (χ1) is 19.3. The van der Waals surface area contributed by atoms with Crippen molar-refractivity contribution >= 4 is 34.1 Å².